The van der Waals surface area contributed by atoms with E-state index >= 15 is 0 Å². The van der Waals surface area contributed by atoms with E-state index in [-0.39, 0.29) is 11.8 Å². The molecule has 180 valence electrons. The van der Waals surface area contributed by atoms with Gasteiger partial charge in [-0.05, 0) is 25.5 Å². The number of fused-ring (bicyclic) bond motifs is 1. The molecule has 4 N–H and O–H groups in total. The third-order valence-corrected chi connectivity index (χ3v) is 7.49. The van der Waals surface area contributed by atoms with E-state index in [1.165, 1.54) is 6.21 Å². The zero-order valence-electron chi connectivity index (χ0n) is 19.6. The molecular weight excluding hydrogens is 460 g/mol. The molecular formula is C26H28N6O2S. The number of morpholine rings is 1. The Morgan fingerprint density at radius 2 is 2.17 bits per heavy atom. The number of allylic oxidation sites excluding steroid dienone is 2. The second kappa shape index (κ2) is 9.97. The Kier molecular flexibility index (Phi) is 6.61. The first kappa shape index (κ1) is 23.2. The highest BCUT2D eigenvalue weighted by Crippen LogP contribution is 2.40. The van der Waals surface area contributed by atoms with Crippen molar-refractivity contribution in [3.63, 3.8) is 0 Å². The van der Waals surface area contributed by atoms with E-state index in [0.717, 1.165) is 46.0 Å². The number of ether oxygens (including phenoxy) is 1. The monoisotopic (exact) mass is 488 g/mol. The molecule has 2 aliphatic rings. The van der Waals surface area contributed by atoms with Crippen LogP contribution in [0.1, 0.15) is 29.7 Å². The molecule has 1 aromatic carbocycles. The topological polar surface area (TPSA) is 117 Å². The molecule has 35 heavy (non-hydrogen) atoms. The van der Waals surface area contributed by atoms with E-state index in [2.05, 4.69) is 22.4 Å². The summed E-state index contributed by atoms with van der Waals surface area (Å²) in [4.78, 5) is 25.7. The van der Waals surface area contributed by atoms with Gasteiger partial charge in [-0.3, -0.25) is 4.79 Å². The molecule has 1 aliphatic carbocycles. The smallest absolute Gasteiger partial charge is 0.250 e. The molecule has 0 bridgehead atoms. The van der Waals surface area contributed by atoms with Gasteiger partial charge in [0.05, 0.1) is 23.4 Å². The Morgan fingerprint density at radius 1 is 1.34 bits per heavy atom. The number of hydrogen-bond acceptors (Lipinski definition) is 8. The lowest BCUT2D eigenvalue weighted by molar-refractivity contribution is -0.117. The summed E-state index contributed by atoms with van der Waals surface area (Å²) < 4.78 is 6.60. The number of anilines is 2. The number of likely N-dealkylation sites (N-methyl/N-ethyl adjacent to an activating group) is 1. The standard InChI is InChI=1S/C26H28N6O2S/c1-2-29-26(33)17-6-3-5-16(13-17)22-14-21-23(35-22)25(32-9-11-34-12-10-32)31-24(30-21)18-7-4-8-20(28)19(18)15-27/h3-4,6-8,13-16,27H,2,5,9-12,28H2,1H3,(H,29,33). The van der Waals surface area contributed by atoms with Crippen LogP contribution in [0, 0.1) is 5.41 Å². The van der Waals surface area contributed by atoms with Gasteiger partial charge in [-0.15, -0.1) is 11.3 Å². The van der Waals surface area contributed by atoms with E-state index in [1.807, 2.05) is 31.2 Å². The molecule has 1 amide bonds. The lowest BCUT2D eigenvalue weighted by atomic mass is 9.94. The van der Waals surface area contributed by atoms with Crippen molar-refractivity contribution in [3.05, 3.63) is 58.5 Å². The molecule has 1 fully saturated rings. The third-order valence-electron chi connectivity index (χ3n) is 6.24. The van der Waals surface area contributed by atoms with E-state index in [0.29, 0.717) is 42.4 Å². The number of nitrogen functional groups attached to an aromatic ring is 1. The number of nitrogens with two attached hydrogens (primary N) is 1. The fourth-order valence-electron chi connectivity index (χ4n) is 4.46. The highest BCUT2D eigenvalue weighted by molar-refractivity contribution is 7.19. The molecule has 8 nitrogen and oxygen atoms in total. The summed E-state index contributed by atoms with van der Waals surface area (Å²) in [6.07, 6.45) is 8.08. The van der Waals surface area contributed by atoms with E-state index in [9.17, 15) is 4.79 Å². The van der Waals surface area contributed by atoms with E-state index in [1.54, 1.807) is 17.4 Å². The second-order valence-electron chi connectivity index (χ2n) is 8.51. The first-order valence-corrected chi connectivity index (χ1v) is 12.6. The third kappa shape index (κ3) is 4.56. The summed E-state index contributed by atoms with van der Waals surface area (Å²) in [6.45, 7) is 5.31. The lowest BCUT2D eigenvalue weighted by Crippen LogP contribution is -2.36. The van der Waals surface area contributed by atoms with Gasteiger partial charge in [-0.1, -0.05) is 30.4 Å². The van der Waals surface area contributed by atoms with Gasteiger partial charge in [0, 0.05) is 59.0 Å². The van der Waals surface area contributed by atoms with Crippen LogP contribution < -0.4 is 16.0 Å². The van der Waals surface area contributed by atoms with Crippen LogP contribution in [-0.4, -0.2) is 54.9 Å². The van der Waals surface area contributed by atoms with Crippen molar-refractivity contribution in [2.45, 2.75) is 19.3 Å². The van der Waals surface area contributed by atoms with Crippen LogP contribution in [0.25, 0.3) is 21.6 Å². The van der Waals surface area contributed by atoms with Gasteiger partial charge < -0.3 is 26.1 Å². The number of rotatable bonds is 6. The van der Waals surface area contributed by atoms with Crippen LogP contribution in [-0.2, 0) is 9.53 Å². The zero-order chi connectivity index (χ0) is 24.4. The Hall–Kier alpha value is -3.56. The highest BCUT2D eigenvalue weighted by atomic mass is 32.1. The van der Waals surface area contributed by atoms with Gasteiger partial charge in [0.25, 0.3) is 5.91 Å². The molecule has 0 saturated carbocycles. The van der Waals surface area contributed by atoms with Gasteiger partial charge in [0.1, 0.15) is 0 Å². The molecule has 1 atom stereocenters. The summed E-state index contributed by atoms with van der Waals surface area (Å²) in [7, 11) is 0. The van der Waals surface area contributed by atoms with E-state index < -0.39 is 0 Å². The maximum atomic E-state index is 12.4. The summed E-state index contributed by atoms with van der Waals surface area (Å²) in [6, 6.07) is 7.66. The minimum absolute atomic E-state index is 0.0496. The number of amides is 1. The fraction of sp³-hybridized carbons (Fsp3) is 0.308. The van der Waals surface area contributed by atoms with Crippen molar-refractivity contribution in [2.75, 3.05) is 43.5 Å². The number of thiophene rings is 1. The predicted octanol–water partition coefficient (Wildman–Crippen LogP) is 3.88. The molecule has 9 heteroatoms. The first-order valence-electron chi connectivity index (χ1n) is 11.8. The fourth-order valence-corrected chi connectivity index (χ4v) is 5.66. The molecule has 1 aliphatic heterocycles. The highest BCUT2D eigenvalue weighted by Gasteiger charge is 2.24. The minimum atomic E-state index is -0.0496. The van der Waals surface area contributed by atoms with Crippen molar-refractivity contribution in [1.29, 1.82) is 5.41 Å². The molecule has 0 spiro atoms. The summed E-state index contributed by atoms with van der Waals surface area (Å²) in [5.41, 5.74) is 9.57. The van der Waals surface area contributed by atoms with Crippen molar-refractivity contribution < 1.29 is 9.53 Å². The maximum Gasteiger partial charge on any atom is 0.250 e. The van der Waals surface area contributed by atoms with Crippen molar-refractivity contribution in [2.24, 2.45) is 0 Å². The Labute approximate surface area is 208 Å². The molecule has 1 saturated heterocycles. The largest absolute Gasteiger partial charge is 0.398 e. The predicted molar refractivity (Wildman–Crippen MR) is 141 cm³/mol. The number of hydrogen-bond donors (Lipinski definition) is 3. The second-order valence-corrected chi connectivity index (χ2v) is 9.60. The summed E-state index contributed by atoms with van der Waals surface area (Å²) in [5.74, 6) is 1.48. The van der Waals surface area contributed by atoms with Gasteiger partial charge in [-0.2, -0.15) is 0 Å². The summed E-state index contributed by atoms with van der Waals surface area (Å²) in [5, 5.41) is 10.8. The maximum absolute atomic E-state index is 12.4. The van der Waals surface area contributed by atoms with Crippen LogP contribution in [0.4, 0.5) is 11.5 Å². The SMILES string of the molecule is CCNC(=O)C1=CC(c2cc3nc(-c4cccc(N)c4C=N)nc(N4CCOCC4)c3s2)CC=C1. The van der Waals surface area contributed by atoms with Crippen LogP contribution in [0.3, 0.4) is 0 Å². The molecule has 3 aromatic rings. The van der Waals surface area contributed by atoms with Crippen molar-refractivity contribution in [3.8, 4) is 11.4 Å². The Bertz CT molecular complexity index is 1340. The number of carbonyl (C=O) groups excluding carboxylic acids is 1. The van der Waals surface area contributed by atoms with Crippen LogP contribution in [0.15, 0.2) is 48.1 Å². The number of aromatic nitrogens is 2. The van der Waals surface area contributed by atoms with Gasteiger partial charge in [0.15, 0.2) is 11.6 Å². The van der Waals surface area contributed by atoms with Gasteiger partial charge in [-0.25, -0.2) is 9.97 Å². The lowest BCUT2D eigenvalue weighted by Gasteiger charge is -2.28. The first-order chi connectivity index (χ1) is 17.1. The van der Waals surface area contributed by atoms with Gasteiger partial charge in [0.2, 0.25) is 0 Å². The quantitative estimate of drug-likeness (QED) is 0.358. The van der Waals surface area contributed by atoms with E-state index in [4.69, 9.17) is 25.8 Å². The summed E-state index contributed by atoms with van der Waals surface area (Å²) >= 11 is 1.68. The van der Waals surface area contributed by atoms with Crippen molar-refractivity contribution >= 4 is 45.2 Å². The molecule has 2 aromatic heterocycles. The van der Waals surface area contributed by atoms with Crippen LogP contribution in [0.5, 0.6) is 0 Å². The molecule has 3 heterocycles. The van der Waals surface area contributed by atoms with Crippen molar-refractivity contribution in [1.82, 2.24) is 15.3 Å². The number of benzene rings is 1. The number of nitrogens with one attached hydrogen (secondary N) is 2. The minimum Gasteiger partial charge on any atom is -0.398 e. The normalized spacial score (nSPS) is 17.9. The van der Waals surface area contributed by atoms with Crippen LogP contribution in [0.2, 0.25) is 0 Å². The Morgan fingerprint density at radius 3 is 2.94 bits per heavy atom. The number of carbonyl (C=O) groups is 1. The Balaban J connectivity index is 1.62. The van der Waals surface area contributed by atoms with Crippen LogP contribution >= 0.6 is 11.3 Å². The average molecular weight is 489 g/mol. The number of nitrogens with zero attached hydrogens (tertiary/aromatic N) is 3. The molecule has 0 radical (unpaired) electrons. The average Bonchev–Trinajstić information content (AvgIpc) is 3.33. The zero-order valence-corrected chi connectivity index (χ0v) is 20.4. The van der Waals surface area contributed by atoms with Gasteiger partial charge >= 0.3 is 0 Å². The molecule has 5 rings (SSSR count). The molecule has 1 unspecified atom stereocenters.